The van der Waals surface area contributed by atoms with Gasteiger partial charge < -0.3 is 4.74 Å². The van der Waals surface area contributed by atoms with Gasteiger partial charge in [-0.3, -0.25) is 14.9 Å². The third-order valence-electron chi connectivity index (χ3n) is 2.45. The smallest absolute Gasteiger partial charge is 0.328 e. The number of esters is 1. The molecule has 1 aromatic carbocycles. The number of nitro groups is 1. The molecule has 0 N–H and O–H groups in total. The van der Waals surface area contributed by atoms with Crippen LogP contribution in [0.1, 0.15) is 22.1 Å². The number of alkyl halides is 1. The van der Waals surface area contributed by atoms with E-state index >= 15 is 0 Å². The van der Waals surface area contributed by atoms with Gasteiger partial charge in [-0.25, -0.2) is 0 Å². The number of nitrogens with zero attached hydrogens (tertiary/aromatic N) is 1. The zero-order valence-electron chi connectivity index (χ0n) is 9.69. The second-order valence-corrected chi connectivity index (χ2v) is 4.07. The van der Waals surface area contributed by atoms with Crippen LogP contribution < -0.4 is 0 Å². The highest BCUT2D eigenvalue weighted by molar-refractivity contribution is 6.30. The number of aryl methyl sites for hydroxylation is 2. The lowest BCUT2D eigenvalue weighted by atomic mass is 9.99. The molecule has 0 fully saturated rings. The topological polar surface area (TPSA) is 69.4 Å². The van der Waals surface area contributed by atoms with Crippen LogP contribution in [0.25, 0.3) is 0 Å². The van der Waals surface area contributed by atoms with Crippen molar-refractivity contribution in [2.24, 2.45) is 0 Å². The van der Waals surface area contributed by atoms with E-state index in [0.29, 0.717) is 16.7 Å². The molecule has 0 amide bonds. The molecule has 0 aliphatic carbocycles. The lowest BCUT2D eigenvalue weighted by molar-refractivity contribution is -0.385. The molecule has 0 spiro atoms. The van der Waals surface area contributed by atoms with Gasteiger partial charge >= 0.3 is 5.97 Å². The molecule has 0 aliphatic heterocycles. The fourth-order valence-corrected chi connectivity index (χ4v) is 2.11. The van der Waals surface area contributed by atoms with Gasteiger partial charge in [-0.05, 0) is 30.5 Å². The SMILES string of the molecule is COC(=O)C(Cl)c1c(C)cc([N+](=O)[O-])cc1C. The fourth-order valence-electron chi connectivity index (χ4n) is 1.68. The van der Waals surface area contributed by atoms with Gasteiger partial charge in [0, 0.05) is 12.1 Å². The number of hydrogen-bond donors (Lipinski definition) is 0. The Morgan fingerprint density at radius 3 is 2.24 bits per heavy atom. The van der Waals surface area contributed by atoms with Crippen molar-refractivity contribution in [3.63, 3.8) is 0 Å². The van der Waals surface area contributed by atoms with Crippen molar-refractivity contribution in [2.45, 2.75) is 19.2 Å². The number of nitro benzene ring substituents is 1. The monoisotopic (exact) mass is 257 g/mol. The van der Waals surface area contributed by atoms with Crippen LogP contribution in [-0.4, -0.2) is 18.0 Å². The van der Waals surface area contributed by atoms with Crippen molar-refractivity contribution in [3.05, 3.63) is 38.9 Å². The van der Waals surface area contributed by atoms with Crippen molar-refractivity contribution < 1.29 is 14.5 Å². The minimum atomic E-state index is -0.944. The van der Waals surface area contributed by atoms with E-state index in [1.165, 1.54) is 19.2 Å². The Kier molecular flexibility index (Phi) is 4.07. The molecule has 0 saturated carbocycles. The van der Waals surface area contributed by atoms with Crippen molar-refractivity contribution in [3.8, 4) is 0 Å². The average Bonchev–Trinajstić information content (AvgIpc) is 2.26. The van der Waals surface area contributed by atoms with E-state index in [1.807, 2.05) is 0 Å². The summed E-state index contributed by atoms with van der Waals surface area (Å²) in [5.41, 5.74) is 1.74. The van der Waals surface area contributed by atoms with Gasteiger partial charge in [0.2, 0.25) is 0 Å². The van der Waals surface area contributed by atoms with Crippen LogP contribution >= 0.6 is 11.6 Å². The van der Waals surface area contributed by atoms with Crippen molar-refractivity contribution >= 4 is 23.3 Å². The highest BCUT2D eigenvalue weighted by Crippen LogP contribution is 2.31. The van der Waals surface area contributed by atoms with Gasteiger partial charge in [0.05, 0.1) is 12.0 Å². The predicted molar refractivity (Wildman–Crippen MR) is 63.2 cm³/mol. The van der Waals surface area contributed by atoms with E-state index < -0.39 is 16.3 Å². The first-order valence-electron chi connectivity index (χ1n) is 4.86. The summed E-state index contributed by atoms with van der Waals surface area (Å²) in [6.07, 6.45) is 0. The van der Waals surface area contributed by atoms with E-state index in [-0.39, 0.29) is 5.69 Å². The van der Waals surface area contributed by atoms with E-state index in [1.54, 1.807) is 13.8 Å². The highest BCUT2D eigenvalue weighted by atomic mass is 35.5. The van der Waals surface area contributed by atoms with Crippen LogP contribution in [0.15, 0.2) is 12.1 Å². The summed E-state index contributed by atoms with van der Waals surface area (Å²) in [6, 6.07) is 2.78. The molecule has 0 bridgehead atoms. The Morgan fingerprint density at radius 1 is 1.41 bits per heavy atom. The van der Waals surface area contributed by atoms with Crippen molar-refractivity contribution in [1.82, 2.24) is 0 Å². The van der Waals surface area contributed by atoms with Crippen LogP contribution in [0, 0.1) is 24.0 Å². The molecule has 1 rings (SSSR count). The highest BCUT2D eigenvalue weighted by Gasteiger charge is 2.24. The number of rotatable bonds is 3. The molecule has 1 atom stereocenters. The quantitative estimate of drug-likeness (QED) is 0.361. The normalized spacial score (nSPS) is 12.0. The molecular formula is C11H12ClNO4. The zero-order chi connectivity index (χ0) is 13.2. The van der Waals surface area contributed by atoms with Crippen LogP contribution in [0.4, 0.5) is 5.69 Å². The largest absolute Gasteiger partial charge is 0.468 e. The van der Waals surface area contributed by atoms with Crippen LogP contribution in [0.3, 0.4) is 0 Å². The van der Waals surface area contributed by atoms with Gasteiger partial charge in [0.25, 0.3) is 5.69 Å². The summed E-state index contributed by atoms with van der Waals surface area (Å²) in [5, 5.41) is 9.71. The van der Waals surface area contributed by atoms with Crippen molar-refractivity contribution in [1.29, 1.82) is 0 Å². The second-order valence-electron chi connectivity index (χ2n) is 3.64. The standard InChI is InChI=1S/C11H12ClNO4/c1-6-4-8(13(15)16)5-7(2)9(6)10(12)11(14)17-3/h4-5,10H,1-3H3. The third kappa shape index (κ3) is 2.74. The van der Waals surface area contributed by atoms with Gasteiger partial charge in [0.15, 0.2) is 5.38 Å². The van der Waals surface area contributed by atoms with Crippen LogP contribution in [0.2, 0.25) is 0 Å². The Bertz CT molecular complexity index is 450. The minimum Gasteiger partial charge on any atom is -0.468 e. The number of carbonyl (C=O) groups excluding carboxylic acids is 1. The van der Waals surface area contributed by atoms with E-state index in [0.717, 1.165) is 0 Å². The molecule has 0 aliphatic rings. The van der Waals surface area contributed by atoms with Crippen LogP contribution in [0.5, 0.6) is 0 Å². The number of ether oxygens (including phenoxy) is 1. The predicted octanol–water partition coefficient (Wildman–Crippen LogP) is 2.66. The maximum atomic E-state index is 11.3. The van der Waals surface area contributed by atoms with Gasteiger partial charge in [-0.1, -0.05) is 0 Å². The first-order chi connectivity index (χ1) is 7.88. The average molecular weight is 258 g/mol. The molecule has 1 unspecified atom stereocenters. The number of methoxy groups -OCH3 is 1. The number of non-ortho nitro benzene ring substituents is 1. The molecule has 0 heterocycles. The molecular weight excluding hydrogens is 246 g/mol. The molecule has 0 aromatic heterocycles. The Balaban J connectivity index is 3.27. The number of hydrogen-bond acceptors (Lipinski definition) is 4. The fraction of sp³-hybridized carbons (Fsp3) is 0.364. The Labute approximate surface area is 103 Å². The molecule has 5 nitrogen and oxygen atoms in total. The van der Waals surface area contributed by atoms with Gasteiger partial charge in [-0.2, -0.15) is 0 Å². The maximum Gasteiger partial charge on any atom is 0.328 e. The molecule has 17 heavy (non-hydrogen) atoms. The summed E-state index contributed by atoms with van der Waals surface area (Å²) < 4.78 is 4.55. The second kappa shape index (κ2) is 5.14. The first-order valence-corrected chi connectivity index (χ1v) is 5.29. The number of benzene rings is 1. The zero-order valence-corrected chi connectivity index (χ0v) is 10.4. The lowest BCUT2D eigenvalue weighted by Crippen LogP contribution is -2.11. The molecule has 0 radical (unpaired) electrons. The molecule has 1 aromatic rings. The Morgan fingerprint density at radius 2 is 1.88 bits per heavy atom. The summed E-state index contributed by atoms with van der Waals surface area (Å²) in [5.74, 6) is -0.577. The third-order valence-corrected chi connectivity index (χ3v) is 2.85. The summed E-state index contributed by atoms with van der Waals surface area (Å²) >= 11 is 5.95. The minimum absolute atomic E-state index is 0.0162. The first kappa shape index (κ1) is 13.4. The molecule has 92 valence electrons. The summed E-state index contributed by atoms with van der Waals surface area (Å²) in [4.78, 5) is 21.5. The van der Waals surface area contributed by atoms with E-state index in [9.17, 15) is 14.9 Å². The lowest BCUT2D eigenvalue weighted by Gasteiger charge is -2.13. The summed E-state index contributed by atoms with van der Waals surface area (Å²) in [7, 11) is 1.24. The summed E-state index contributed by atoms with van der Waals surface area (Å²) in [6.45, 7) is 3.35. The van der Waals surface area contributed by atoms with Crippen molar-refractivity contribution in [2.75, 3.05) is 7.11 Å². The van der Waals surface area contributed by atoms with Gasteiger partial charge in [-0.15, -0.1) is 11.6 Å². The molecule has 0 saturated heterocycles. The number of carbonyl (C=O) groups is 1. The number of halogens is 1. The van der Waals surface area contributed by atoms with E-state index in [4.69, 9.17) is 11.6 Å². The van der Waals surface area contributed by atoms with E-state index in [2.05, 4.69) is 4.74 Å². The van der Waals surface area contributed by atoms with Gasteiger partial charge in [0.1, 0.15) is 0 Å². The Hall–Kier alpha value is -1.62. The van der Waals surface area contributed by atoms with Crippen LogP contribution in [-0.2, 0) is 9.53 Å². The molecule has 6 heteroatoms. The maximum absolute atomic E-state index is 11.3.